The average Bonchev–Trinajstić information content (AvgIpc) is 3.43. The van der Waals surface area contributed by atoms with Gasteiger partial charge in [0.05, 0.1) is 13.2 Å². The molecule has 0 bridgehead atoms. The summed E-state index contributed by atoms with van der Waals surface area (Å²) in [6.45, 7) is 4.13. The molecule has 1 saturated carbocycles. The fourth-order valence-corrected chi connectivity index (χ4v) is 3.40. The summed E-state index contributed by atoms with van der Waals surface area (Å²) in [5, 5.41) is 3.26. The standard InChI is InChI=1S/C19H27FN4O2/c1-2-26-18(25)24-11-7-16(8-12-24)23-17(21)22-13-19(9-10-19)14-3-5-15(20)6-4-14/h3-6,16H,2,7-13H2,1H3,(H3,21,22,23). The molecule has 26 heavy (non-hydrogen) atoms. The van der Waals surface area contributed by atoms with Crippen LogP contribution in [0.2, 0.25) is 0 Å². The van der Waals surface area contributed by atoms with Crippen LogP contribution in [-0.2, 0) is 10.2 Å². The van der Waals surface area contributed by atoms with E-state index in [9.17, 15) is 9.18 Å². The van der Waals surface area contributed by atoms with Crippen LogP contribution in [0.5, 0.6) is 0 Å². The molecule has 2 fully saturated rings. The van der Waals surface area contributed by atoms with E-state index in [0.717, 1.165) is 31.2 Å². The number of nitrogens with two attached hydrogens (primary N) is 1. The SMILES string of the molecule is CCOC(=O)N1CCC(NC(N)=NCC2(c3ccc(F)cc3)CC2)CC1. The third kappa shape index (κ3) is 4.45. The fourth-order valence-electron chi connectivity index (χ4n) is 3.40. The average molecular weight is 362 g/mol. The van der Waals surface area contributed by atoms with Gasteiger partial charge in [-0.15, -0.1) is 0 Å². The van der Waals surface area contributed by atoms with Gasteiger partial charge in [-0.05, 0) is 50.3 Å². The summed E-state index contributed by atoms with van der Waals surface area (Å²) in [6.07, 6.45) is 3.49. The number of aliphatic imine (C=N–C) groups is 1. The Morgan fingerprint density at radius 3 is 2.58 bits per heavy atom. The first kappa shape index (κ1) is 18.5. The summed E-state index contributed by atoms with van der Waals surface area (Å²) < 4.78 is 18.1. The van der Waals surface area contributed by atoms with Crippen molar-refractivity contribution in [2.24, 2.45) is 10.7 Å². The van der Waals surface area contributed by atoms with Crippen LogP contribution in [0.3, 0.4) is 0 Å². The van der Waals surface area contributed by atoms with Gasteiger partial charge in [-0.3, -0.25) is 4.99 Å². The third-order valence-corrected chi connectivity index (χ3v) is 5.24. The second-order valence-corrected chi connectivity index (χ2v) is 7.09. The molecule has 0 aromatic heterocycles. The topological polar surface area (TPSA) is 80.0 Å². The molecule has 1 saturated heterocycles. The molecule has 142 valence electrons. The predicted molar refractivity (Wildman–Crippen MR) is 98.6 cm³/mol. The van der Waals surface area contributed by atoms with Gasteiger partial charge in [-0.25, -0.2) is 9.18 Å². The quantitative estimate of drug-likeness (QED) is 0.623. The number of ether oxygens (including phenoxy) is 1. The van der Waals surface area contributed by atoms with Crippen molar-refractivity contribution >= 4 is 12.1 Å². The van der Waals surface area contributed by atoms with Crippen molar-refractivity contribution in [2.45, 2.75) is 44.1 Å². The number of nitrogens with one attached hydrogen (secondary N) is 1. The van der Waals surface area contributed by atoms with Gasteiger partial charge < -0.3 is 20.7 Å². The first-order chi connectivity index (χ1) is 12.5. The first-order valence-electron chi connectivity index (χ1n) is 9.26. The van der Waals surface area contributed by atoms with Gasteiger partial charge in [0, 0.05) is 24.5 Å². The van der Waals surface area contributed by atoms with Gasteiger partial charge in [0.15, 0.2) is 5.96 Å². The number of nitrogens with zero attached hydrogens (tertiary/aromatic N) is 2. The Labute approximate surface area is 153 Å². The molecule has 1 amide bonds. The molecular weight excluding hydrogens is 335 g/mol. The van der Waals surface area contributed by atoms with Crippen LogP contribution in [0.15, 0.2) is 29.3 Å². The zero-order valence-corrected chi connectivity index (χ0v) is 15.2. The smallest absolute Gasteiger partial charge is 0.409 e. The number of carbonyl (C=O) groups is 1. The molecule has 1 aliphatic heterocycles. The summed E-state index contributed by atoms with van der Waals surface area (Å²) >= 11 is 0. The lowest BCUT2D eigenvalue weighted by molar-refractivity contribution is 0.0963. The normalized spacial score (nSPS) is 19.9. The van der Waals surface area contributed by atoms with Crippen molar-refractivity contribution in [1.29, 1.82) is 0 Å². The zero-order chi connectivity index (χ0) is 18.6. The number of benzene rings is 1. The van der Waals surface area contributed by atoms with Crippen molar-refractivity contribution in [3.8, 4) is 0 Å². The second-order valence-electron chi connectivity index (χ2n) is 7.09. The van der Waals surface area contributed by atoms with Gasteiger partial charge >= 0.3 is 6.09 Å². The van der Waals surface area contributed by atoms with E-state index in [1.165, 1.54) is 12.1 Å². The molecule has 7 heteroatoms. The number of rotatable bonds is 5. The highest BCUT2D eigenvalue weighted by Crippen LogP contribution is 2.48. The lowest BCUT2D eigenvalue weighted by Crippen LogP contribution is -2.48. The molecule has 2 aliphatic rings. The molecule has 0 unspecified atom stereocenters. The van der Waals surface area contributed by atoms with E-state index in [1.54, 1.807) is 4.90 Å². The summed E-state index contributed by atoms with van der Waals surface area (Å²) in [7, 11) is 0. The molecule has 3 rings (SSSR count). The summed E-state index contributed by atoms with van der Waals surface area (Å²) in [4.78, 5) is 18.0. The zero-order valence-electron chi connectivity index (χ0n) is 15.2. The number of hydrogen-bond donors (Lipinski definition) is 2. The largest absolute Gasteiger partial charge is 0.450 e. The van der Waals surface area contributed by atoms with Gasteiger partial charge in [0.1, 0.15) is 5.82 Å². The van der Waals surface area contributed by atoms with E-state index >= 15 is 0 Å². The highest BCUT2D eigenvalue weighted by molar-refractivity contribution is 5.78. The molecule has 0 atom stereocenters. The van der Waals surface area contributed by atoms with Crippen molar-refractivity contribution in [2.75, 3.05) is 26.2 Å². The van der Waals surface area contributed by atoms with Crippen LogP contribution < -0.4 is 11.1 Å². The fraction of sp³-hybridized carbons (Fsp3) is 0.579. The van der Waals surface area contributed by atoms with Gasteiger partial charge in [0.25, 0.3) is 0 Å². The Morgan fingerprint density at radius 2 is 2.00 bits per heavy atom. The predicted octanol–water partition coefficient (Wildman–Crippen LogP) is 2.38. The molecule has 1 aromatic rings. The summed E-state index contributed by atoms with van der Waals surface area (Å²) in [5.74, 6) is 0.219. The minimum Gasteiger partial charge on any atom is -0.450 e. The van der Waals surface area contributed by atoms with Crippen LogP contribution in [-0.4, -0.2) is 49.2 Å². The van der Waals surface area contributed by atoms with Crippen LogP contribution >= 0.6 is 0 Å². The molecule has 3 N–H and O–H groups in total. The number of likely N-dealkylation sites (tertiary alicyclic amines) is 1. The highest BCUT2D eigenvalue weighted by atomic mass is 19.1. The van der Waals surface area contributed by atoms with E-state index in [1.807, 2.05) is 19.1 Å². The van der Waals surface area contributed by atoms with E-state index in [0.29, 0.717) is 32.2 Å². The molecule has 0 spiro atoms. The number of halogens is 1. The summed E-state index contributed by atoms with van der Waals surface area (Å²) in [6, 6.07) is 6.89. The lowest BCUT2D eigenvalue weighted by atomic mass is 9.96. The van der Waals surface area contributed by atoms with E-state index in [4.69, 9.17) is 10.5 Å². The Kier molecular flexibility index (Phi) is 5.64. The van der Waals surface area contributed by atoms with Crippen molar-refractivity contribution < 1.29 is 13.9 Å². The van der Waals surface area contributed by atoms with Crippen LogP contribution in [0.1, 0.15) is 38.2 Å². The van der Waals surface area contributed by atoms with Crippen LogP contribution in [0.25, 0.3) is 0 Å². The van der Waals surface area contributed by atoms with E-state index in [2.05, 4.69) is 10.3 Å². The monoisotopic (exact) mass is 362 g/mol. The highest BCUT2D eigenvalue weighted by Gasteiger charge is 2.44. The number of carbonyl (C=O) groups excluding carboxylic acids is 1. The minimum absolute atomic E-state index is 0.00722. The van der Waals surface area contributed by atoms with E-state index < -0.39 is 0 Å². The van der Waals surface area contributed by atoms with Crippen molar-refractivity contribution in [3.05, 3.63) is 35.6 Å². The van der Waals surface area contributed by atoms with Gasteiger partial charge in [-0.2, -0.15) is 0 Å². The van der Waals surface area contributed by atoms with Crippen LogP contribution in [0, 0.1) is 5.82 Å². The molecule has 1 heterocycles. The maximum absolute atomic E-state index is 13.1. The molecule has 6 nitrogen and oxygen atoms in total. The third-order valence-electron chi connectivity index (χ3n) is 5.24. The Hall–Kier alpha value is -2.31. The van der Waals surface area contributed by atoms with Crippen LogP contribution in [0.4, 0.5) is 9.18 Å². The van der Waals surface area contributed by atoms with Crippen molar-refractivity contribution in [1.82, 2.24) is 10.2 Å². The summed E-state index contributed by atoms with van der Waals surface area (Å²) in [5.41, 5.74) is 7.19. The lowest BCUT2D eigenvalue weighted by Gasteiger charge is -2.31. The number of guanidine groups is 1. The minimum atomic E-state index is -0.248. The maximum Gasteiger partial charge on any atom is 0.409 e. The molecular formula is C19H27FN4O2. The Morgan fingerprint density at radius 1 is 1.35 bits per heavy atom. The molecule has 1 aromatic carbocycles. The Balaban J connectivity index is 1.47. The maximum atomic E-state index is 13.1. The van der Waals surface area contributed by atoms with Crippen molar-refractivity contribution in [3.63, 3.8) is 0 Å². The molecule has 0 radical (unpaired) electrons. The number of piperidine rings is 1. The Bertz CT molecular complexity index is 650. The van der Waals surface area contributed by atoms with Gasteiger partial charge in [-0.1, -0.05) is 12.1 Å². The van der Waals surface area contributed by atoms with Gasteiger partial charge in [0.2, 0.25) is 0 Å². The number of amides is 1. The number of hydrogen-bond acceptors (Lipinski definition) is 3. The molecule has 1 aliphatic carbocycles. The first-order valence-corrected chi connectivity index (χ1v) is 9.26. The van der Waals surface area contributed by atoms with E-state index in [-0.39, 0.29) is 23.4 Å². The second kappa shape index (κ2) is 7.93.